The van der Waals surface area contributed by atoms with Crippen LogP contribution in [-0.4, -0.2) is 43.7 Å². The Hall–Kier alpha value is -0.850. The Morgan fingerprint density at radius 1 is 1.30 bits per heavy atom. The van der Waals surface area contributed by atoms with Crippen molar-refractivity contribution in [2.75, 3.05) is 19.7 Å². The summed E-state index contributed by atoms with van der Waals surface area (Å²) in [5.41, 5.74) is 5.67. The fraction of sp³-hybridized carbons (Fsp3) is 0.846. The Balaban J connectivity index is 0.00000361. The molecule has 2 amide bonds. The molecule has 1 aliphatic heterocycles. The van der Waals surface area contributed by atoms with E-state index in [-0.39, 0.29) is 42.8 Å². The van der Waals surface area contributed by atoms with Gasteiger partial charge in [0.05, 0.1) is 18.7 Å². The van der Waals surface area contributed by atoms with E-state index in [9.17, 15) is 9.59 Å². The molecule has 0 radical (unpaired) electrons. The minimum atomic E-state index is -0.575. The largest absolute Gasteiger partial charge is 0.376 e. The summed E-state index contributed by atoms with van der Waals surface area (Å²) in [5.74, 6) is -0.448. The molecule has 1 fully saturated rings. The fourth-order valence-electron chi connectivity index (χ4n) is 1.85. The number of ether oxygens (including phenoxy) is 1. The molecular formula is C13H26ClN3O3. The molecule has 7 heteroatoms. The van der Waals surface area contributed by atoms with Gasteiger partial charge in [0.25, 0.3) is 0 Å². The zero-order valence-corrected chi connectivity index (χ0v) is 13.0. The minimum Gasteiger partial charge on any atom is -0.376 e. The van der Waals surface area contributed by atoms with E-state index in [4.69, 9.17) is 10.5 Å². The number of hydrogen-bond donors (Lipinski definition) is 3. The first-order chi connectivity index (χ1) is 9.00. The smallest absolute Gasteiger partial charge is 0.239 e. The predicted octanol–water partition coefficient (Wildman–Crippen LogP) is 0.193. The van der Waals surface area contributed by atoms with Crippen molar-refractivity contribution >= 4 is 24.2 Å². The number of carbonyl (C=O) groups is 2. The molecule has 0 bridgehead atoms. The molecule has 1 rings (SSSR count). The van der Waals surface area contributed by atoms with Crippen LogP contribution in [0.3, 0.4) is 0 Å². The SMILES string of the molecule is CC(C)[C@H](N)C(=O)NCC(=O)NCC1CCCCO1.Cl. The van der Waals surface area contributed by atoms with E-state index in [1.165, 1.54) is 0 Å². The highest BCUT2D eigenvalue weighted by Gasteiger charge is 2.18. The van der Waals surface area contributed by atoms with Gasteiger partial charge in [-0.1, -0.05) is 13.8 Å². The van der Waals surface area contributed by atoms with Crippen LogP contribution in [0.1, 0.15) is 33.1 Å². The molecule has 20 heavy (non-hydrogen) atoms. The predicted molar refractivity (Wildman–Crippen MR) is 79.7 cm³/mol. The Kier molecular flexibility index (Phi) is 9.54. The summed E-state index contributed by atoms with van der Waals surface area (Å²) in [7, 11) is 0. The minimum absolute atomic E-state index is 0. The van der Waals surface area contributed by atoms with Gasteiger partial charge in [-0.3, -0.25) is 9.59 Å². The highest BCUT2D eigenvalue weighted by atomic mass is 35.5. The second-order valence-electron chi connectivity index (χ2n) is 5.28. The topological polar surface area (TPSA) is 93.5 Å². The molecule has 1 unspecified atom stereocenters. The van der Waals surface area contributed by atoms with Crippen molar-refractivity contribution in [3.63, 3.8) is 0 Å². The summed E-state index contributed by atoms with van der Waals surface area (Å²) in [5, 5.41) is 5.29. The first kappa shape index (κ1) is 19.1. The number of carbonyl (C=O) groups excluding carboxylic acids is 2. The maximum absolute atomic E-state index is 11.6. The van der Waals surface area contributed by atoms with Crippen molar-refractivity contribution in [3.05, 3.63) is 0 Å². The molecular weight excluding hydrogens is 282 g/mol. The van der Waals surface area contributed by atoms with Crippen LogP contribution in [0.4, 0.5) is 0 Å². The molecule has 1 heterocycles. The zero-order chi connectivity index (χ0) is 14.3. The van der Waals surface area contributed by atoms with Crippen LogP contribution in [0.25, 0.3) is 0 Å². The van der Waals surface area contributed by atoms with Gasteiger partial charge in [-0.25, -0.2) is 0 Å². The molecule has 0 saturated carbocycles. The Morgan fingerprint density at radius 2 is 2.00 bits per heavy atom. The Bertz CT molecular complexity index is 307. The number of nitrogens with one attached hydrogen (secondary N) is 2. The molecule has 0 aromatic carbocycles. The summed E-state index contributed by atoms with van der Waals surface area (Å²) in [4.78, 5) is 23.1. The molecule has 0 aromatic heterocycles. The van der Waals surface area contributed by atoms with Crippen LogP contribution >= 0.6 is 12.4 Å². The quantitative estimate of drug-likeness (QED) is 0.653. The summed E-state index contributed by atoms with van der Waals surface area (Å²) in [6.07, 6.45) is 3.31. The highest BCUT2D eigenvalue weighted by molar-refractivity contribution is 5.87. The molecule has 118 valence electrons. The highest BCUT2D eigenvalue weighted by Crippen LogP contribution is 2.11. The molecule has 0 aromatic rings. The third-order valence-corrected chi connectivity index (χ3v) is 3.25. The fourth-order valence-corrected chi connectivity index (χ4v) is 1.85. The number of hydrogen-bond acceptors (Lipinski definition) is 4. The van der Waals surface area contributed by atoms with Crippen LogP contribution in [0.2, 0.25) is 0 Å². The van der Waals surface area contributed by atoms with E-state index in [0.29, 0.717) is 6.54 Å². The van der Waals surface area contributed by atoms with E-state index in [0.717, 1.165) is 25.9 Å². The second-order valence-corrected chi connectivity index (χ2v) is 5.28. The van der Waals surface area contributed by atoms with Crippen LogP contribution in [0, 0.1) is 5.92 Å². The molecule has 0 spiro atoms. The van der Waals surface area contributed by atoms with Crippen LogP contribution in [-0.2, 0) is 14.3 Å². The zero-order valence-electron chi connectivity index (χ0n) is 12.2. The Morgan fingerprint density at radius 3 is 2.55 bits per heavy atom. The van der Waals surface area contributed by atoms with Gasteiger partial charge >= 0.3 is 0 Å². The summed E-state index contributed by atoms with van der Waals surface area (Å²) < 4.78 is 5.50. The van der Waals surface area contributed by atoms with E-state index in [1.54, 1.807) is 0 Å². The van der Waals surface area contributed by atoms with Crippen LogP contribution in [0.5, 0.6) is 0 Å². The maximum Gasteiger partial charge on any atom is 0.239 e. The summed E-state index contributed by atoms with van der Waals surface area (Å²) >= 11 is 0. The number of rotatable bonds is 6. The summed E-state index contributed by atoms with van der Waals surface area (Å²) in [6, 6.07) is -0.575. The Labute approximate surface area is 126 Å². The summed E-state index contributed by atoms with van der Waals surface area (Å²) in [6.45, 7) is 4.97. The van der Waals surface area contributed by atoms with E-state index in [2.05, 4.69) is 10.6 Å². The maximum atomic E-state index is 11.6. The molecule has 1 aliphatic rings. The number of nitrogens with two attached hydrogens (primary N) is 1. The van der Waals surface area contributed by atoms with Gasteiger partial charge in [0.1, 0.15) is 0 Å². The average Bonchev–Trinajstić information content (AvgIpc) is 2.42. The van der Waals surface area contributed by atoms with Crippen molar-refractivity contribution in [1.29, 1.82) is 0 Å². The second kappa shape index (κ2) is 9.96. The van der Waals surface area contributed by atoms with Crippen molar-refractivity contribution in [3.8, 4) is 0 Å². The van der Waals surface area contributed by atoms with Gasteiger partial charge in [0.2, 0.25) is 11.8 Å². The molecule has 6 nitrogen and oxygen atoms in total. The third-order valence-electron chi connectivity index (χ3n) is 3.25. The van der Waals surface area contributed by atoms with Gasteiger partial charge in [-0.15, -0.1) is 12.4 Å². The lowest BCUT2D eigenvalue weighted by Crippen LogP contribution is -2.48. The average molecular weight is 308 g/mol. The van der Waals surface area contributed by atoms with Gasteiger partial charge in [0, 0.05) is 13.2 Å². The van der Waals surface area contributed by atoms with Crippen LogP contribution < -0.4 is 16.4 Å². The van der Waals surface area contributed by atoms with Crippen molar-refractivity contribution in [2.24, 2.45) is 11.7 Å². The lowest BCUT2D eigenvalue weighted by atomic mass is 10.1. The normalized spacial score (nSPS) is 19.9. The van der Waals surface area contributed by atoms with E-state index >= 15 is 0 Å². The van der Waals surface area contributed by atoms with Crippen molar-refractivity contribution < 1.29 is 14.3 Å². The van der Waals surface area contributed by atoms with Gasteiger partial charge in [-0.05, 0) is 25.2 Å². The third kappa shape index (κ3) is 7.07. The van der Waals surface area contributed by atoms with E-state index in [1.807, 2.05) is 13.8 Å². The standard InChI is InChI=1S/C13H25N3O3.ClH/c1-9(2)12(14)13(18)16-8-11(17)15-7-10-5-3-4-6-19-10;/h9-10,12H,3-8,14H2,1-2H3,(H,15,17)(H,16,18);1H/t10?,12-;/m0./s1. The van der Waals surface area contributed by atoms with Crippen LogP contribution in [0.15, 0.2) is 0 Å². The first-order valence-electron chi connectivity index (χ1n) is 6.92. The molecule has 4 N–H and O–H groups in total. The first-order valence-corrected chi connectivity index (χ1v) is 6.92. The van der Waals surface area contributed by atoms with E-state index < -0.39 is 6.04 Å². The van der Waals surface area contributed by atoms with Gasteiger partial charge in [0.15, 0.2) is 0 Å². The van der Waals surface area contributed by atoms with Crippen molar-refractivity contribution in [2.45, 2.75) is 45.3 Å². The lowest BCUT2D eigenvalue weighted by Gasteiger charge is -2.22. The van der Waals surface area contributed by atoms with Gasteiger partial charge < -0.3 is 21.1 Å². The molecule has 0 aliphatic carbocycles. The molecule has 1 saturated heterocycles. The lowest BCUT2D eigenvalue weighted by molar-refractivity contribution is -0.127. The number of amides is 2. The molecule has 2 atom stereocenters. The monoisotopic (exact) mass is 307 g/mol. The number of halogens is 1. The van der Waals surface area contributed by atoms with Crippen molar-refractivity contribution in [1.82, 2.24) is 10.6 Å². The van der Waals surface area contributed by atoms with Gasteiger partial charge in [-0.2, -0.15) is 0 Å².